The first kappa shape index (κ1) is 10.8. The van der Waals surface area contributed by atoms with Gasteiger partial charge in [0.15, 0.2) is 6.20 Å². The number of rotatable bonds is 2. The van der Waals surface area contributed by atoms with Gasteiger partial charge in [0, 0.05) is 5.56 Å². The van der Waals surface area contributed by atoms with Crippen LogP contribution in [0.5, 0.6) is 0 Å². The molecule has 0 N–H and O–H groups in total. The quantitative estimate of drug-likeness (QED) is 0.428. The third kappa shape index (κ3) is 2.34. The molecule has 0 amide bonds. The van der Waals surface area contributed by atoms with Crippen LogP contribution < -0.4 is 0 Å². The second-order valence-electron chi connectivity index (χ2n) is 2.53. The molecule has 0 fully saturated rings. The Balaban J connectivity index is 3.26. The van der Waals surface area contributed by atoms with Crippen molar-refractivity contribution in [2.75, 3.05) is 0 Å². The molecule has 0 saturated heterocycles. The Morgan fingerprint density at radius 3 is 2.60 bits per heavy atom. The van der Waals surface area contributed by atoms with Crippen LogP contribution in [0, 0.1) is 28.3 Å². The van der Waals surface area contributed by atoms with Crippen molar-refractivity contribution in [3.05, 3.63) is 57.1 Å². The molecule has 1 aromatic carbocycles. The third-order valence-corrected chi connectivity index (χ3v) is 1.59. The van der Waals surface area contributed by atoms with Gasteiger partial charge < -0.3 is 0 Å². The Hall–Kier alpha value is -2.29. The van der Waals surface area contributed by atoms with Crippen LogP contribution in [0.3, 0.4) is 0 Å². The molecule has 0 aliphatic rings. The summed E-state index contributed by atoms with van der Waals surface area (Å²) in [4.78, 5) is 12.0. The van der Waals surface area contributed by atoms with Crippen molar-refractivity contribution in [2.24, 2.45) is 0 Å². The average molecular weight is 210 g/mol. The summed E-state index contributed by atoms with van der Waals surface area (Å²) in [6, 6.07) is 1.16. The standard InChI is InChI=1S/C9H4F2N2O2/c1-12-3-2-6-4-8(11)9(13(14)15)5-7(6)10/h2-5H/b3-2+. The lowest BCUT2D eigenvalue weighted by Gasteiger charge is -1.98. The SMILES string of the molecule is [C-]#[N+]/C=C/c1cc(F)c([N+](=O)[O-])cc1F. The molecule has 0 bridgehead atoms. The van der Waals surface area contributed by atoms with E-state index in [-0.39, 0.29) is 5.56 Å². The van der Waals surface area contributed by atoms with Crippen molar-refractivity contribution in [1.82, 2.24) is 0 Å². The fourth-order valence-electron chi connectivity index (χ4n) is 0.937. The maximum Gasteiger partial charge on any atom is 0.307 e. The molecule has 0 spiro atoms. The van der Waals surface area contributed by atoms with Gasteiger partial charge in [-0.3, -0.25) is 10.1 Å². The van der Waals surface area contributed by atoms with E-state index in [9.17, 15) is 18.9 Å². The second-order valence-corrected chi connectivity index (χ2v) is 2.53. The van der Waals surface area contributed by atoms with E-state index in [4.69, 9.17) is 6.57 Å². The fourth-order valence-corrected chi connectivity index (χ4v) is 0.937. The van der Waals surface area contributed by atoms with Gasteiger partial charge >= 0.3 is 5.69 Å². The smallest absolute Gasteiger partial charge is 0.258 e. The van der Waals surface area contributed by atoms with E-state index in [2.05, 4.69) is 4.85 Å². The maximum atomic E-state index is 13.1. The highest BCUT2D eigenvalue weighted by atomic mass is 19.1. The minimum atomic E-state index is -1.13. The van der Waals surface area contributed by atoms with E-state index >= 15 is 0 Å². The van der Waals surface area contributed by atoms with Crippen LogP contribution in [0.1, 0.15) is 5.56 Å². The molecule has 0 saturated carbocycles. The van der Waals surface area contributed by atoms with E-state index in [1.807, 2.05) is 0 Å². The summed E-state index contributed by atoms with van der Waals surface area (Å²) < 4.78 is 26.1. The summed E-state index contributed by atoms with van der Waals surface area (Å²) in [5.41, 5.74) is -1.12. The molecule has 4 nitrogen and oxygen atoms in total. The van der Waals surface area contributed by atoms with Crippen LogP contribution in [0.25, 0.3) is 10.9 Å². The van der Waals surface area contributed by atoms with Gasteiger partial charge in [0.1, 0.15) is 5.82 Å². The number of nitro groups is 1. The largest absolute Gasteiger partial charge is 0.307 e. The zero-order valence-corrected chi connectivity index (χ0v) is 7.28. The Morgan fingerprint density at radius 2 is 2.07 bits per heavy atom. The fraction of sp³-hybridized carbons (Fsp3) is 0. The zero-order chi connectivity index (χ0) is 11.4. The third-order valence-electron chi connectivity index (χ3n) is 1.59. The molecule has 0 aromatic heterocycles. The molecular formula is C9H4F2N2O2. The minimum Gasteiger partial charge on any atom is -0.258 e. The highest BCUT2D eigenvalue weighted by Crippen LogP contribution is 2.22. The molecule has 0 unspecified atom stereocenters. The Bertz CT molecular complexity index is 478. The van der Waals surface area contributed by atoms with Crippen molar-refractivity contribution >= 4 is 11.8 Å². The Morgan fingerprint density at radius 1 is 1.40 bits per heavy atom. The van der Waals surface area contributed by atoms with E-state index in [1.54, 1.807) is 0 Å². The number of hydrogen-bond acceptors (Lipinski definition) is 2. The number of hydrogen-bond donors (Lipinski definition) is 0. The molecule has 1 aromatic rings. The molecule has 0 radical (unpaired) electrons. The molecule has 0 atom stereocenters. The second kappa shape index (κ2) is 4.28. The number of benzene rings is 1. The summed E-state index contributed by atoms with van der Waals surface area (Å²) >= 11 is 0. The summed E-state index contributed by atoms with van der Waals surface area (Å²) in [5.74, 6) is -2.07. The van der Waals surface area contributed by atoms with Crippen LogP contribution in [-0.2, 0) is 0 Å². The first-order valence-corrected chi connectivity index (χ1v) is 3.73. The first-order valence-electron chi connectivity index (χ1n) is 3.73. The van der Waals surface area contributed by atoms with Crippen LogP contribution in [0.15, 0.2) is 18.3 Å². The van der Waals surface area contributed by atoms with Crippen molar-refractivity contribution in [3.8, 4) is 0 Å². The highest BCUT2D eigenvalue weighted by molar-refractivity contribution is 5.54. The van der Waals surface area contributed by atoms with Crippen LogP contribution in [0.2, 0.25) is 0 Å². The molecule has 6 heteroatoms. The van der Waals surface area contributed by atoms with Gasteiger partial charge in [0.05, 0.1) is 17.6 Å². The van der Waals surface area contributed by atoms with Gasteiger partial charge in [0.2, 0.25) is 5.82 Å². The molecule has 1 rings (SSSR count). The molecular weight excluding hydrogens is 206 g/mol. The molecule has 0 aliphatic carbocycles. The number of nitrogens with zero attached hydrogens (tertiary/aromatic N) is 2. The lowest BCUT2D eigenvalue weighted by molar-refractivity contribution is -0.387. The van der Waals surface area contributed by atoms with Gasteiger partial charge in [-0.05, 0) is 6.07 Å². The van der Waals surface area contributed by atoms with Crippen molar-refractivity contribution in [2.45, 2.75) is 0 Å². The van der Waals surface area contributed by atoms with Crippen molar-refractivity contribution < 1.29 is 13.7 Å². The van der Waals surface area contributed by atoms with E-state index in [1.165, 1.54) is 0 Å². The normalized spacial score (nSPS) is 10.2. The lowest BCUT2D eigenvalue weighted by atomic mass is 10.2. The first-order chi connectivity index (χ1) is 7.06. The van der Waals surface area contributed by atoms with Gasteiger partial charge in [-0.15, -0.1) is 0 Å². The van der Waals surface area contributed by atoms with Crippen molar-refractivity contribution in [1.29, 1.82) is 0 Å². The van der Waals surface area contributed by atoms with Crippen LogP contribution in [-0.4, -0.2) is 4.92 Å². The van der Waals surface area contributed by atoms with E-state index in [0.717, 1.165) is 12.3 Å². The zero-order valence-electron chi connectivity index (χ0n) is 7.28. The van der Waals surface area contributed by atoms with Crippen LogP contribution in [0.4, 0.5) is 14.5 Å². The van der Waals surface area contributed by atoms with Crippen LogP contribution >= 0.6 is 0 Å². The predicted molar refractivity (Wildman–Crippen MR) is 48.6 cm³/mol. The predicted octanol–water partition coefficient (Wildman–Crippen LogP) is 2.76. The summed E-state index contributed by atoms with van der Waals surface area (Å²) in [6.45, 7) is 6.40. The highest BCUT2D eigenvalue weighted by Gasteiger charge is 2.16. The number of nitro benzene ring substituents is 1. The monoisotopic (exact) mass is 210 g/mol. The molecule has 0 aliphatic heterocycles. The summed E-state index contributed by atoms with van der Waals surface area (Å²) in [5, 5.41) is 10.2. The summed E-state index contributed by atoms with van der Waals surface area (Å²) in [6.07, 6.45) is 1.97. The van der Waals surface area contributed by atoms with Gasteiger partial charge in [-0.25, -0.2) is 9.24 Å². The Kier molecular flexibility index (Phi) is 3.08. The molecule has 76 valence electrons. The van der Waals surface area contributed by atoms with Gasteiger partial charge in [-0.1, -0.05) is 6.08 Å². The van der Waals surface area contributed by atoms with E-state index < -0.39 is 22.2 Å². The Labute approximate surface area is 83.4 Å². The maximum absolute atomic E-state index is 13.1. The van der Waals surface area contributed by atoms with Gasteiger partial charge in [-0.2, -0.15) is 4.39 Å². The van der Waals surface area contributed by atoms with E-state index in [0.29, 0.717) is 12.1 Å². The molecule has 0 heterocycles. The minimum absolute atomic E-state index is 0.200. The molecule has 15 heavy (non-hydrogen) atoms. The average Bonchev–Trinajstić information content (AvgIpc) is 2.18. The summed E-state index contributed by atoms with van der Waals surface area (Å²) in [7, 11) is 0. The van der Waals surface area contributed by atoms with Gasteiger partial charge in [0.25, 0.3) is 0 Å². The topological polar surface area (TPSA) is 47.5 Å². The lowest BCUT2D eigenvalue weighted by Crippen LogP contribution is -1.95. The number of halogens is 2. The van der Waals surface area contributed by atoms with Crippen molar-refractivity contribution in [3.63, 3.8) is 0 Å².